The monoisotopic (exact) mass is 296 g/mol. The Hall–Kier alpha value is -2.34. The molecule has 4 rings (SSSR count). The van der Waals surface area contributed by atoms with Crippen LogP contribution in [0, 0.1) is 6.92 Å². The molecular formula is C15H12N4OS. The quantitative estimate of drug-likeness (QED) is 0.647. The summed E-state index contributed by atoms with van der Waals surface area (Å²) in [6.07, 6.45) is 1.58. The van der Waals surface area contributed by atoms with Gasteiger partial charge in [0.2, 0.25) is 0 Å². The highest BCUT2D eigenvalue weighted by Crippen LogP contribution is 2.32. The number of benzene rings is 1. The zero-order chi connectivity index (χ0) is 14.6. The summed E-state index contributed by atoms with van der Waals surface area (Å²) in [4.78, 5) is 16.2. The third kappa shape index (κ3) is 1.76. The van der Waals surface area contributed by atoms with E-state index in [9.17, 15) is 4.79 Å². The lowest BCUT2D eigenvalue weighted by molar-refractivity contribution is 0.823. The first-order chi connectivity index (χ1) is 10.1. The van der Waals surface area contributed by atoms with E-state index in [2.05, 4.69) is 16.7 Å². The molecule has 0 N–H and O–H groups in total. The molecule has 3 aromatic rings. The van der Waals surface area contributed by atoms with E-state index in [0.29, 0.717) is 10.5 Å². The fourth-order valence-electron chi connectivity index (χ4n) is 2.46. The Bertz CT molecular complexity index is 937. The van der Waals surface area contributed by atoms with E-state index in [0.717, 1.165) is 22.8 Å². The Morgan fingerprint density at radius 3 is 2.81 bits per heavy atom. The van der Waals surface area contributed by atoms with Gasteiger partial charge in [-0.3, -0.25) is 9.36 Å². The van der Waals surface area contributed by atoms with E-state index in [-0.39, 0.29) is 5.56 Å². The van der Waals surface area contributed by atoms with Crippen molar-refractivity contribution in [2.75, 3.05) is 5.75 Å². The van der Waals surface area contributed by atoms with Gasteiger partial charge in [-0.05, 0) is 19.1 Å². The fourth-order valence-corrected chi connectivity index (χ4v) is 3.38. The van der Waals surface area contributed by atoms with Crippen LogP contribution in [0.25, 0.3) is 22.4 Å². The first-order valence-electron chi connectivity index (χ1n) is 6.54. The normalized spacial score (nSPS) is 13.9. The van der Waals surface area contributed by atoms with Gasteiger partial charge < -0.3 is 0 Å². The van der Waals surface area contributed by atoms with E-state index >= 15 is 0 Å². The lowest BCUT2D eigenvalue weighted by Gasteiger charge is -2.10. The Kier molecular flexibility index (Phi) is 2.56. The van der Waals surface area contributed by atoms with Gasteiger partial charge in [-0.15, -0.1) is 0 Å². The van der Waals surface area contributed by atoms with Gasteiger partial charge in [0.05, 0.1) is 11.9 Å². The molecule has 0 saturated heterocycles. The number of aromatic nitrogens is 4. The van der Waals surface area contributed by atoms with Crippen LogP contribution in [0.1, 0.15) is 5.56 Å². The molecule has 0 spiro atoms. The number of hydrogen-bond donors (Lipinski definition) is 0. The van der Waals surface area contributed by atoms with Crippen LogP contribution in [-0.4, -0.2) is 25.1 Å². The SMILES string of the molecule is C=C1CSc2nc(=O)c3cnn(-c4ccc(C)cc4)c3n21. The van der Waals surface area contributed by atoms with Crippen molar-refractivity contribution in [2.45, 2.75) is 12.1 Å². The van der Waals surface area contributed by atoms with Gasteiger partial charge in [0, 0.05) is 11.4 Å². The maximum absolute atomic E-state index is 12.1. The molecule has 0 amide bonds. The minimum absolute atomic E-state index is 0.239. The lowest BCUT2D eigenvalue weighted by atomic mass is 10.2. The molecule has 1 aromatic carbocycles. The smallest absolute Gasteiger partial charge is 0.276 e. The van der Waals surface area contributed by atoms with Crippen LogP contribution in [0.3, 0.4) is 0 Å². The van der Waals surface area contributed by atoms with E-state index in [1.807, 2.05) is 35.8 Å². The van der Waals surface area contributed by atoms with E-state index in [1.54, 1.807) is 10.9 Å². The van der Waals surface area contributed by atoms with Crippen molar-refractivity contribution < 1.29 is 0 Å². The summed E-state index contributed by atoms with van der Waals surface area (Å²) in [5, 5.41) is 5.58. The number of nitrogens with zero attached hydrogens (tertiary/aromatic N) is 4. The van der Waals surface area contributed by atoms with Crippen molar-refractivity contribution in [2.24, 2.45) is 0 Å². The van der Waals surface area contributed by atoms with Crippen LogP contribution >= 0.6 is 11.8 Å². The summed E-state index contributed by atoms with van der Waals surface area (Å²) in [6, 6.07) is 8.03. The topological polar surface area (TPSA) is 52.7 Å². The van der Waals surface area contributed by atoms with Crippen molar-refractivity contribution in [1.29, 1.82) is 0 Å². The van der Waals surface area contributed by atoms with Gasteiger partial charge in [-0.1, -0.05) is 36.0 Å². The van der Waals surface area contributed by atoms with Crippen molar-refractivity contribution in [3.63, 3.8) is 0 Å². The molecule has 0 saturated carbocycles. The molecule has 104 valence electrons. The predicted molar refractivity (Wildman–Crippen MR) is 83.9 cm³/mol. The molecule has 1 aliphatic heterocycles. The molecule has 0 aliphatic carbocycles. The summed E-state index contributed by atoms with van der Waals surface area (Å²) in [6.45, 7) is 6.10. The minimum Gasteiger partial charge on any atom is -0.276 e. The van der Waals surface area contributed by atoms with Crippen molar-refractivity contribution in [3.8, 4) is 5.69 Å². The fraction of sp³-hybridized carbons (Fsp3) is 0.133. The summed E-state index contributed by atoms with van der Waals surface area (Å²) in [5.41, 5.74) is 3.52. The summed E-state index contributed by atoms with van der Waals surface area (Å²) in [7, 11) is 0. The Balaban J connectivity index is 2.10. The van der Waals surface area contributed by atoms with Gasteiger partial charge in [0.15, 0.2) is 10.8 Å². The van der Waals surface area contributed by atoms with Gasteiger partial charge in [0.1, 0.15) is 5.39 Å². The van der Waals surface area contributed by atoms with E-state index < -0.39 is 0 Å². The largest absolute Gasteiger partial charge is 0.284 e. The second-order valence-corrected chi connectivity index (χ2v) is 5.96. The summed E-state index contributed by atoms with van der Waals surface area (Å²) in [5.74, 6) is 0.741. The standard InChI is InChI=1S/C15H12N4OS/c1-9-3-5-11(6-4-9)19-14-12(7-16-19)13(20)17-15-18(14)10(2)8-21-15/h3-7H,2,8H2,1H3. The van der Waals surface area contributed by atoms with Crippen molar-refractivity contribution >= 4 is 28.5 Å². The van der Waals surface area contributed by atoms with Gasteiger partial charge in [-0.25, -0.2) is 4.68 Å². The van der Waals surface area contributed by atoms with Crippen LogP contribution in [0.15, 0.2) is 47.0 Å². The molecule has 21 heavy (non-hydrogen) atoms. The van der Waals surface area contributed by atoms with E-state index in [1.165, 1.54) is 17.3 Å². The third-order valence-electron chi connectivity index (χ3n) is 3.54. The van der Waals surface area contributed by atoms with E-state index in [4.69, 9.17) is 0 Å². The van der Waals surface area contributed by atoms with Gasteiger partial charge in [-0.2, -0.15) is 10.1 Å². The molecule has 0 fully saturated rings. The van der Waals surface area contributed by atoms with Crippen LogP contribution < -0.4 is 5.56 Å². The highest BCUT2D eigenvalue weighted by atomic mass is 32.2. The highest BCUT2D eigenvalue weighted by Gasteiger charge is 2.23. The Morgan fingerprint density at radius 2 is 2.05 bits per heavy atom. The molecular weight excluding hydrogens is 284 g/mol. The average Bonchev–Trinajstić information content (AvgIpc) is 3.04. The summed E-state index contributed by atoms with van der Waals surface area (Å²) < 4.78 is 3.70. The zero-order valence-electron chi connectivity index (χ0n) is 11.4. The lowest BCUT2D eigenvalue weighted by Crippen LogP contribution is -2.14. The van der Waals surface area contributed by atoms with Crippen LogP contribution in [0.5, 0.6) is 0 Å². The van der Waals surface area contributed by atoms with Crippen molar-refractivity contribution in [3.05, 3.63) is 53.0 Å². The first kappa shape index (κ1) is 12.4. The van der Waals surface area contributed by atoms with Gasteiger partial charge >= 0.3 is 0 Å². The number of rotatable bonds is 1. The number of aryl methyl sites for hydroxylation is 1. The van der Waals surface area contributed by atoms with Crippen LogP contribution in [-0.2, 0) is 0 Å². The molecule has 0 radical (unpaired) electrons. The zero-order valence-corrected chi connectivity index (χ0v) is 12.2. The summed E-state index contributed by atoms with van der Waals surface area (Å²) >= 11 is 1.53. The minimum atomic E-state index is -0.239. The first-order valence-corrected chi connectivity index (χ1v) is 7.52. The van der Waals surface area contributed by atoms with Crippen molar-refractivity contribution in [1.82, 2.24) is 19.3 Å². The maximum atomic E-state index is 12.1. The molecule has 5 nitrogen and oxygen atoms in total. The molecule has 1 aliphatic rings. The van der Waals surface area contributed by atoms with Gasteiger partial charge in [0.25, 0.3) is 5.56 Å². The predicted octanol–water partition coefficient (Wildman–Crippen LogP) is 2.47. The Morgan fingerprint density at radius 1 is 1.29 bits per heavy atom. The van der Waals surface area contributed by atoms with Crippen LogP contribution in [0.4, 0.5) is 0 Å². The molecule has 6 heteroatoms. The third-order valence-corrected chi connectivity index (χ3v) is 4.55. The molecule has 2 aromatic heterocycles. The van der Waals surface area contributed by atoms with Crippen LogP contribution in [0.2, 0.25) is 0 Å². The molecule has 3 heterocycles. The molecule has 0 unspecified atom stereocenters. The second kappa shape index (κ2) is 4.33. The Labute approximate surface area is 124 Å². The highest BCUT2D eigenvalue weighted by molar-refractivity contribution is 7.99. The average molecular weight is 296 g/mol. The maximum Gasteiger partial charge on any atom is 0.284 e. The second-order valence-electron chi connectivity index (χ2n) is 5.02. The number of fused-ring (bicyclic) bond motifs is 3. The molecule has 0 atom stereocenters. The molecule has 0 bridgehead atoms. The number of hydrogen-bond acceptors (Lipinski definition) is 4. The number of thioether (sulfide) groups is 1.